The van der Waals surface area contributed by atoms with E-state index in [1.807, 2.05) is 30.3 Å². The molecule has 2 aromatic rings. The second-order valence-electron chi connectivity index (χ2n) is 4.14. The zero-order chi connectivity index (χ0) is 13.7. The third-order valence-electron chi connectivity index (χ3n) is 2.65. The number of hydrogen-bond donors (Lipinski definition) is 3. The Kier molecular flexibility index (Phi) is 4.70. The van der Waals surface area contributed by atoms with Crippen molar-refractivity contribution in [1.29, 1.82) is 0 Å². The molecule has 0 saturated carbocycles. The van der Waals surface area contributed by atoms with E-state index in [0.717, 1.165) is 5.56 Å². The molecule has 0 aliphatic carbocycles. The molecule has 19 heavy (non-hydrogen) atoms. The van der Waals surface area contributed by atoms with Crippen molar-refractivity contribution in [1.82, 2.24) is 9.97 Å². The molecule has 100 valence electrons. The van der Waals surface area contributed by atoms with Gasteiger partial charge in [-0.25, -0.2) is 4.98 Å². The number of nitrogens with two attached hydrogens (primary N) is 1. The summed E-state index contributed by atoms with van der Waals surface area (Å²) in [5.74, 6) is 0.782. The summed E-state index contributed by atoms with van der Waals surface area (Å²) in [7, 11) is 0. The van der Waals surface area contributed by atoms with E-state index in [9.17, 15) is 5.11 Å². The lowest BCUT2D eigenvalue weighted by Gasteiger charge is -2.17. The van der Waals surface area contributed by atoms with E-state index in [4.69, 9.17) is 5.73 Å². The topological polar surface area (TPSA) is 84.1 Å². The molecular weight excluding hydrogens is 308 g/mol. The van der Waals surface area contributed by atoms with Gasteiger partial charge in [0.15, 0.2) is 0 Å². The standard InChI is InChI=1S/C13H15BrN4O/c14-11-7-16-13(15)18-12(11)17-10(8-19)6-9-4-2-1-3-5-9/h1-5,7,10,19H,6,8H2,(H3,15,16,17,18). The van der Waals surface area contributed by atoms with Crippen molar-refractivity contribution in [3.8, 4) is 0 Å². The highest BCUT2D eigenvalue weighted by molar-refractivity contribution is 9.10. The number of aliphatic hydroxyl groups is 1. The molecule has 1 aromatic heterocycles. The molecule has 1 atom stereocenters. The van der Waals surface area contributed by atoms with Crippen LogP contribution in [0.2, 0.25) is 0 Å². The van der Waals surface area contributed by atoms with E-state index in [-0.39, 0.29) is 18.6 Å². The van der Waals surface area contributed by atoms with E-state index in [1.54, 1.807) is 6.20 Å². The molecule has 6 heteroatoms. The van der Waals surface area contributed by atoms with Crippen molar-refractivity contribution < 1.29 is 5.11 Å². The Labute approximate surface area is 120 Å². The molecule has 0 radical (unpaired) electrons. The van der Waals surface area contributed by atoms with Gasteiger partial charge in [-0.2, -0.15) is 4.98 Å². The summed E-state index contributed by atoms with van der Waals surface area (Å²) in [6, 6.07) is 9.83. The molecule has 5 nitrogen and oxygen atoms in total. The summed E-state index contributed by atoms with van der Waals surface area (Å²) in [5, 5.41) is 12.6. The third kappa shape index (κ3) is 3.90. The lowest BCUT2D eigenvalue weighted by atomic mass is 10.1. The van der Waals surface area contributed by atoms with Crippen molar-refractivity contribution in [2.45, 2.75) is 12.5 Å². The molecule has 1 unspecified atom stereocenters. The fourth-order valence-electron chi connectivity index (χ4n) is 1.74. The summed E-state index contributed by atoms with van der Waals surface area (Å²) < 4.78 is 0.716. The predicted molar refractivity (Wildman–Crippen MR) is 78.8 cm³/mol. The molecule has 2 rings (SSSR count). The SMILES string of the molecule is Nc1ncc(Br)c(NC(CO)Cc2ccccc2)n1. The number of halogens is 1. The molecular formula is C13H15BrN4O. The quantitative estimate of drug-likeness (QED) is 0.782. The van der Waals surface area contributed by atoms with Crippen LogP contribution in [0.3, 0.4) is 0 Å². The second-order valence-corrected chi connectivity index (χ2v) is 4.99. The Bertz CT molecular complexity index is 535. The average molecular weight is 323 g/mol. The van der Waals surface area contributed by atoms with Crippen LogP contribution >= 0.6 is 15.9 Å². The number of rotatable bonds is 5. The molecule has 0 aliphatic rings. The lowest BCUT2D eigenvalue weighted by Crippen LogP contribution is -2.27. The van der Waals surface area contributed by atoms with Crippen molar-refractivity contribution >= 4 is 27.7 Å². The number of benzene rings is 1. The summed E-state index contributed by atoms with van der Waals surface area (Å²) in [4.78, 5) is 7.97. The minimum absolute atomic E-state index is 0.00520. The first-order valence-electron chi connectivity index (χ1n) is 5.88. The maximum atomic E-state index is 9.46. The van der Waals surface area contributed by atoms with Gasteiger partial charge in [0.2, 0.25) is 5.95 Å². The molecule has 0 fully saturated rings. The predicted octanol–water partition coefficient (Wildman–Crippen LogP) is 1.84. The fraction of sp³-hybridized carbons (Fsp3) is 0.231. The zero-order valence-electron chi connectivity index (χ0n) is 10.3. The van der Waals surface area contributed by atoms with Crippen LogP contribution in [0.25, 0.3) is 0 Å². The van der Waals surface area contributed by atoms with E-state index >= 15 is 0 Å². The van der Waals surface area contributed by atoms with Crippen LogP contribution in [0.5, 0.6) is 0 Å². The monoisotopic (exact) mass is 322 g/mol. The van der Waals surface area contributed by atoms with Crippen LogP contribution in [0, 0.1) is 0 Å². The van der Waals surface area contributed by atoms with Crippen LogP contribution in [0.1, 0.15) is 5.56 Å². The van der Waals surface area contributed by atoms with Crippen LogP contribution in [-0.4, -0.2) is 27.7 Å². The molecule has 4 N–H and O–H groups in total. The van der Waals surface area contributed by atoms with Gasteiger partial charge >= 0.3 is 0 Å². The largest absolute Gasteiger partial charge is 0.394 e. The van der Waals surface area contributed by atoms with Crippen molar-refractivity contribution in [2.24, 2.45) is 0 Å². The Morgan fingerprint density at radius 2 is 2.05 bits per heavy atom. The third-order valence-corrected chi connectivity index (χ3v) is 3.23. The highest BCUT2D eigenvalue weighted by atomic mass is 79.9. The zero-order valence-corrected chi connectivity index (χ0v) is 11.8. The maximum absolute atomic E-state index is 9.46. The summed E-state index contributed by atoms with van der Waals surface area (Å²) in [6.45, 7) is 0.00520. The van der Waals surface area contributed by atoms with Crippen LogP contribution in [-0.2, 0) is 6.42 Å². The van der Waals surface area contributed by atoms with Gasteiger partial charge in [0.05, 0.1) is 17.1 Å². The maximum Gasteiger partial charge on any atom is 0.221 e. The summed E-state index contributed by atoms with van der Waals surface area (Å²) in [5.41, 5.74) is 6.70. The Morgan fingerprint density at radius 1 is 1.32 bits per heavy atom. The van der Waals surface area contributed by atoms with E-state index in [1.165, 1.54) is 0 Å². The van der Waals surface area contributed by atoms with Gasteiger partial charge in [0, 0.05) is 6.20 Å². The smallest absolute Gasteiger partial charge is 0.221 e. The molecule has 1 aromatic carbocycles. The number of nitrogens with zero attached hydrogens (tertiary/aromatic N) is 2. The van der Waals surface area contributed by atoms with Gasteiger partial charge in [-0.3, -0.25) is 0 Å². The molecule has 0 bridgehead atoms. The lowest BCUT2D eigenvalue weighted by molar-refractivity contribution is 0.273. The Balaban J connectivity index is 2.09. The number of hydrogen-bond acceptors (Lipinski definition) is 5. The molecule has 0 aliphatic heterocycles. The fourth-order valence-corrected chi connectivity index (χ4v) is 2.04. The van der Waals surface area contributed by atoms with Gasteiger partial charge in [-0.15, -0.1) is 0 Å². The normalized spacial score (nSPS) is 12.1. The Morgan fingerprint density at radius 3 is 2.74 bits per heavy atom. The van der Waals surface area contributed by atoms with E-state index in [2.05, 4.69) is 31.2 Å². The van der Waals surface area contributed by atoms with Gasteiger partial charge in [-0.05, 0) is 27.9 Å². The first kappa shape index (κ1) is 13.8. The molecule has 1 heterocycles. The molecule has 0 saturated heterocycles. The van der Waals surface area contributed by atoms with Gasteiger partial charge in [0.1, 0.15) is 5.82 Å². The first-order chi connectivity index (χ1) is 9.19. The molecule has 0 amide bonds. The van der Waals surface area contributed by atoms with Crippen molar-refractivity contribution in [3.63, 3.8) is 0 Å². The number of anilines is 2. The minimum Gasteiger partial charge on any atom is -0.394 e. The highest BCUT2D eigenvalue weighted by Gasteiger charge is 2.11. The Hall–Kier alpha value is -1.66. The van der Waals surface area contributed by atoms with Crippen LogP contribution in [0.15, 0.2) is 41.0 Å². The van der Waals surface area contributed by atoms with Gasteiger partial charge < -0.3 is 16.2 Å². The average Bonchev–Trinajstić information content (AvgIpc) is 2.43. The van der Waals surface area contributed by atoms with Crippen LogP contribution < -0.4 is 11.1 Å². The number of aromatic nitrogens is 2. The summed E-state index contributed by atoms with van der Waals surface area (Å²) in [6.07, 6.45) is 2.29. The summed E-state index contributed by atoms with van der Waals surface area (Å²) >= 11 is 3.35. The van der Waals surface area contributed by atoms with Crippen molar-refractivity contribution in [2.75, 3.05) is 17.7 Å². The second kappa shape index (κ2) is 6.49. The number of nitrogens with one attached hydrogen (secondary N) is 1. The molecule has 0 spiro atoms. The van der Waals surface area contributed by atoms with E-state index in [0.29, 0.717) is 16.7 Å². The van der Waals surface area contributed by atoms with Crippen molar-refractivity contribution in [3.05, 3.63) is 46.6 Å². The number of aliphatic hydroxyl groups excluding tert-OH is 1. The highest BCUT2D eigenvalue weighted by Crippen LogP contribution is 2.20. The van der Waals surface area contributed by atoms with Crippen LogP contribution in [0.4, 0.5) is 11.8 Å². The van der Waals surface area contributed by atoms with E-state index < -0.39 is 0 Å². The number of nitrogen functional groups attached to an aromatic ring is 1. The van der Waals surface area contributed by atoms with Gasteiger partial charge in [-0.1, -0.05) is 30.3 Å². The minimum atomic E-state index is -0.131. The first-order valence-corrected chi connectivity index (χ1v) is 6.67. The van der Waals surface area contributed by atoms with Gasteiger partial charge in [0.25, 0.3) is 0 Å².